The predicted octanol–water partition coefficient (Wildman–Crippen LogP) is 2.02. The second-order valence-corrected chi connectivity index (χ2v) is 6.22. The Hall–Kier alpha value is -1.79. The van der Waals surface area contributed by atoms with Crippen molar-refractivity contribution in [2.45, 2.75) is 12.8 Å². The molecule has 0 bridgehead atoms. The second-order valence-electron chi connectivity index (χ2n) is 6.22. The third-order valence-corrected chi connectivity index (χ3v) is 4.14. The summed E-state index contributed by atoms with van der Waals surface area (Å²) in [4.78, 5) is 6.38. The molecule has 2 rings (SSSR count). The van der Waals surface area contributed by atoms with Gasteiger partial charge in [0.25, 0.3) is 0 Å². The van der Waals surface area contributed by atoms with Crippen LogP contribution in [0.3, 0.4) is 0 Å². The van der Waals surface area contributed by atoms with E-state index in [1.807, 2.05) is 37.4 Å². The lowest BCUT2D eigenvalue weighted by Crippen LogP contribution is -2.41. The van der Waals surface area contributed by atoms with Crippen LogP contribution in [-0.2, 0) is 9.47 Å². The molecule has 0 spiro atoms. The zero-order chi connectivity index (χ0) is 17.7. The number of nitrogens with zero attached hydrogens (tertiary/aromatic N) is 2. The van der Waals surface area contributed by atoms with Crippen molar-refractivity contribution in [2.75, 3.05) is 60.2 Å². The monoisotopic (exact) mass is 349 g/mol. The Bertz CT molecular complexity index is 490. The van der Waals surface area contributed by atoms with Crippen LogP contribution < -0.4 is 10.1 Å². The van der Waals surface area contributed by atoms with Gasteiger partial charge in [0, 0.05) is 39.8 Å². The Kier molecular flexibility index (Phi) is 9.15. The molecular formula is C19H31N3O3. The standard InChI is InChI=1S/C19H31N3O3/c1-20-19(21-10-6-12-23-15-17-9-13-24-16-17)22(2)11-14-25-18-7-4-3-5-8-18/h3-5,7-8,17H,6,9-16H2,1-2H3,(H,20,21). The number of guanidine groups is 1. The molecular weight excluding hydrogens is 318 g/mol. The Morgan fingerprint density at radius 1 is 1.32 bits per heavy atom. The zero-order valence-electron chi connectivity index (χ0n) is 15.4. The SMILES string of the molecule is CN=C(NCCCOCC1CCOC1)N(C)CCOc1ccccc1. The van der Waals surface area contributed by atoms with Crippen molar-refractivity contribution < 1.29 is 14.2 Å². The van der Waals surface area contributed by atoms with Crippen LogP contribution in [0.1, 0.15) is 12.8 Å². The van der Waals surface area contributed by atoms with Crippen molar-refractivity contribution in [3.63, 3.8) is 0 Å². The first-order valence-electron chi connectivity index (χ1n) is 9.04. The van der Waals surface area contributed by atoms with E-state index in [1.54, 1.807) is 7.05 Å². The van der Waals surface area contributed by atoms with Gasteiger partial charge in [0.2, 0.25) is 0 Å². The van der Waals surface area contributed by atoms with Crippen molar-refractivity contribution in [3.05, 3.63) is 30.3 Å². The van der Waals surface area contributed by atoms with E-state index in [0.29, 0.717) is 12.5 Å². The number of hydrogen-bond acceptors (Lipinski definition) is 4. The molecule has 25 heavy (non-hydrogen) atoms. The van der Waals surface area contributed by atoms with Crippen LogP contribution in [-0.4, -0.2) is 71.1 Å². The van der Waals surface area contributed by atoms with Gasteiger partial charge in [-0.3, -0.25) is 4.99 Å². The van der Waals surface area contributed by atoms with Gasteiger partial charge in [-0.05, 0) is 25.0 Å². The fourth-order valence-electron chi connectivity index (χ4n) is 2.65. The van der Waals surface area contributed by atoms with E-state index in [4.69, 9.17) is 14.2 Å². The van der Waals surface area contributed by atoms with Crippen molar-refractivity contribution in [2.24, 2.45) is 10.9 Å². The first-order valence-corrected chi connectivity index (χ1v) is 9.04. The fraction of sp³-hybridized carbons (Fsp3) is 0.632. The summed E-state index contributed by atoms with van der Waals surface area (Å²) >= 11 is 0. The molecule has 1 aromatic rings. The number of nitrogens with one attached hydrogen (secondary N) is 1. The summed E-state index contributed by atoms with van der Waals surface area (Å²) in [5, 5.41) is 3.36. The normalized spacial score (nSPS) is 17.5. The van der Waals surface area contributed by atoms with Crippen LogP contribution in [0.25, 0.3) is 0 Å². The molecule has 1 saturated heterocycles. The molecule has 1 aromatic carbocycles. The Labute approximate surface area is 151 Å². The number of para-hydroxylation sites is 1. The summed E-state index contributed by atoms with van der Waals surface area (Å²) in [5.74, 6) is 2.35. The van der Waals surface area contributed by atoms with Crippen LogP contribution in [0.4, 0.5) is 0 Å². The third kappa shape index (κ3) is 7.75. The van der Waals surface area contributed by atoms with E-state index < -0.39 is 0 Å². The molecule has 0 amide bonds. The highest BCUT2D eigenvalue weighted by atomic mass is 16.5. The first kappa shape index (κ1) is 19.5. The van der Waals surface area contributed by atoms with E-state index in [1.165, 1.54) is 0 Å². The topological polar surface area (TPSA) is 55.3 Å². The summed E-state index contributed by atoms with van der Waals surface area (Å²) in [6.45, 7) is 5.54. The van der Waals surface area contributed by atoms with Gasteiger partial charge in [0.05, 0.1) is 19.8 Å². The molecule has 1 aliphatic rings. The van der Waals surface area contributed by atoms with Gasteiger partial charge in [-0.2, -0.15) is 0 Å². The molecule has 6 nitrogen and oxygen atoms in total. The van der Waals surface area contributed by atoms with Gasteiger partial charge in [-0.15, -0.1) is 0 Å². The molecule has 6 heteroatoms. The molecule has 0 aromatic heterocycles. The summed E-state index contributed by atoms with van der Waals surface area (Å²) in [5.41, 5.74) is 0. The van der Waals surface area contributed by atoms with Gasteiger partial charge in [-0.1, -0.05) is 18.2 Å². The van der Waals surface area contributed by atoms with Crippen LogP contribution in [0.15, 0.2) is 35.3 Å². The molecule has 1 aliphatic heterocycles. The molecule has 0 radical (unpaired) electrons. The molecule has 0 saturated carbocycles. The third-order valence-electron chi connectivity index (χ3n) is 4.14. The highest BCUT2D eigenvalue weighted by Crippen LogP contribution is 2.12. The Morgan fingerprint density at radius 3 is 2.88 bits per heavy atom. The van der Waals surface area contributed by atoms with E-state index in [0.717, 1.165) is 64.1 Å². The lowest BCUT2D eigenvalue weighted by Gasteiger charge is -2.22. The molecule has 1 N–H and O–H groups in total. The van der Waals surface area contributed by atoms with Gasteiger partial charge in [0.15, 0.2) is 5.96 Å². The summed E-state index contributed by atoms with van der Waals surface area (Å²) in [6, 6.07) is 9.86. The second kappa shape index (κ2) is 11.7. The number of hydrogen-bond donors (Lipinski definition) is 1. The van der Waals surface area contributed by atoms with E-state index in [2.05, 4.69) is 15.2 Å². The minimum Gasteiger partial charge on any atom is -0.492 e. The predicted molar refractivity (Wildman–Crippen MR) is 100 cm³/mol. The van der Waals surface area contributed by atoms with Crippen LogP contribution in [0.5, 0.6) is 5.75 Å². The maximum atomic E-state index is 5.72. The maximum Gasteiger partial charge on any atom is 0.193 e. The fourth-order valence-corrected chi connectivity index (χ4v) is 2.65. The van der Waals surface area contributed by atoms with Crippen molar-refractivity contribution in [3.8, 4) is 5.75 Å². The van der Waals surface area contributed by atoms with Crippen LogP contribution in [0, 0.1) is 5.92 Å². The van der Waals surface area contributed by atoms with Gasteiger partial charge < -0.3 is 24.4 Å². The highest BCUT2D eigenvalue weighted by molar-refractivity contribution is 5.79. The number of likely N-dealkylation sites (N-methyl/N-ethyl adjacent to an activating group) is 1. The van der Waals surface area contributed by atoms with Gasteiger partial charge in [0.1, 0.15) is 12.4 Å². The van der Waals surface area contributed by atoms with Crippen molar-refractivity contribution in [1.82, 2.24) is 10.2 Å². The highest BCUT2D eigenvalue weighted by Gasteiger charge is 2.15. The molecule has 140 valence electrons. The minimum atomic E-state index is 0.580. The molecule has 1 atom stereocenters. The average Bonchev–Trinajstić information content (AvgIpc) is 3.15. The average molecular weight is 349 g/mol. The smallest absolute Gasteiger partial charge is 0.193 e. The van der Waals surface area contributed by atoms with Gasteiger partial charge in [-0.25, -0.2) is 0 Å². The van der Waals surface area contributed by atoms with Gasteiger partial charge >= 0.3 is 0 Å². The molecule has 1 fully saturated rings. The van der Waals surface area contributed by atoms with E-state index in [9.17, 15) is 0 Å². The number of aliphatic imine (C=N–C) groups is 1. The number of benzene rings is 1. The summed E-state index contributed by atoms with van der Waals surface area (Å²) < 4.78 is 16.8. The van der Waals surface area contributed by atoms with E-state index >= 15 is 0 Å². The lowest BCUT2D eigenvalue weighted by molar-refractivity contribution is 0.0887. The lowest BCUT2D eigenvalue weighted by atomic mass is 10.1. The molecule has 0 aliphatic carbocycles. The number of ether oxygens (including phenoxy) is 3. The number of rotatable bonds is 10. The quantitative estimate of drug-likeness (QED) is 0.398. The van der Waals surface area contributed by atoms with Crippen molar-refractivity contribution >= 4 is 5.96 Å². The summed E-state index contributed by atoms with van der Waals surface area (Å²) in [7, 11) is 3.81. The summed E-state index contributed by atoms with van der Waals surface area (Å²) in [6.07, 6.45) is 2.09. The van der Waals surface area contributed by atoms with Crippen LogP contribution in [0.2, 0.25) is 0 Å². The molecule has 1 unspecified atom stereocenters. The first-order chi connectivity index (χ1) is 12.3. The minimum absolute atomic E-state index is 0.580. The van der Waals surface area contributed by atoms with Crippen LogP contribution >= 0.6 is 0 Å². The van der Waals surface area contributed by atoms with E-state index in [-0.39, 0.29) is 0 Å². The molecule has 1 heterocycles. The Morgan fingerprint density at radius 2 is 2.16 bits per heavy atom. The zero-order valence-corrected chi connectivity index (χ0v) is 15.4. The maximum absolute atomic E-state index is 5.72. The van der Waals surface area contributed by atoms with Crippen molar-refractivity contribution in [1.29, 1.82) is 0 Å². The largest absolute Gasteiger partial charge is 0.492 e. The Balaban J connectivity index is 1.52.